The molecule has 0 aliphatic heterocycles. The van der Waals surface area contributed by atoms with Gasteiger partial charge in [-0.25, -0.2) is 13.1 Å². The Hall–Kier alpha value is -1.93. The second-order valence-electron chi connectivity index (χ2n) is 6.13. The van der Waals surface area contributed by atoms with Crippen LogP contribution in [0.3, 0.4) is 0 Å². The van der Waals surface area contributed by atoms with Crippen LogP contribution in [0.1, 0.15) is 46.1 Å². The average Bonchev–Trinajstić information content (AvgIpc) is 2.60. The van der Waals surface area contributed by atoms with E-state index in [1.54, 1.807) is 12.1 Å². The van der Waals surface area contributed by atoms with Gasteiger partial charge in [0.25, 0.3) is 5.91 Å². The number of unbranched alkanes of at least 4 members (excludes halogenated alkanes) is 1. The Morgan fingerprint density at radius 3 is 2.27 bits per heavy atom. The summed E-state index contributed by atoms with van der Waals surface area (Å²) in [7, 11) is -3.55. The zero-order chi connectivity index (χ0) is 19.7. The molecular weight excluding hydrogens is 356 g/mol. The zero-order valence-electron chi connectivity index (χ0n) is 15.7. The molecule has 0 fully saturated rings. The number of nitrogens with one attached hydrogen (secondary N) is 2. The van der Waals surface area contributed by atoms with E-state index in [0.717, 1.165) is 18.4 Å². The van der Waals surface area contributed by atoms with E-state index in [2.05, 4.69) is 10.0 Å². The minimum absolute atomic E-state index is 0.0507. The number of aryl methyl sites for hydroxylation is 1. The Balaban J connectivity index is 2.54. The first-order chi connectivity index (χ1) is 12.2. The Labute approximate surface area is 155 Å². The molecule has 146 valence electrons. The van der Waals surface area contributed by atoms with E-state index in [1.165, 1.54) is 13.8 Å². The van der Waals surface area contributed by atoms with Crippen LogP contribution in [0.25, 0.3) is 0 Å². The van der Waals surface area contributed by atoms with Crippen molar-refractivity contribution in [1.29, 1.82) is 0 Å². The maximum atomic E-state index is 12.1. The predicted octanol–water partition coefficient (Wildman–Crippen LogP) is 2.23. The van der Waals surface area contributed by atoms with Crippen LogP contribution in [0.15, 0.2) is 24.3 Å². The van der Waals surface area contributed by atoms with Gasteiger partial charge in [-0.3, -0.25) is 9.59 Å². The molecule has 0 bridgehead atoms. The summed E-state index contributed by atoms with van der Waals surface area (Å²) < 4.78 is 31.0. The lowest BCUT2D eigenvalue weighted by Crippen LogP contribution is -2.43. The quantitative estimate of drug-likeness (QED) is 0.602. The molecule has 0 aromatic heterocycles. The number of ether oxygens (including phenoxy) is 1. The fraction of sp³-hybridized carbons (Fsp3) is 0.556. The monoisotopic (exact) mass is 384 g/mol. The molecule has 2 N–H and O–H groups in total. The number of hydrogen-bond acceptors (Lipinski definition) is 5. The van der Waals surface area contributed by atoms with Crippen molar-refractivity contribution in [2.75, 3.05) is 11.1 Å². The molecule has 0 aliphatic rings. The molecule has 0 saturated heterocycles. The van der Waals surface area contributed by atoms with E-state index >= 15 is 0 Å². The first-order valence-electron chi connectivity index (χ1n) is 8.78. The van der Waals surface area contributed by atoms with Crippen molar-refractivity contribution in [3.05, 3.63) is 29.8 Å². The number of sulfonamides is 1. The molecule has 1 amide bonds. The number of carbonyl (C=O) groups excluding carboxylic acids is 2. The molecule has 0 heterocycles. The topological polar surface area (TPSA) is 102 Å². The molecule has 26 heavy (non-hydrogen) atoms. The number of rotatable bonds is 10. The van der Waals surface area contributed by atoms with Crippen LogP contribution < -0.4 is 10.0 Å². The van der Waals surface area contributed by atoms with Crippen LogP contribution in [-0.2, 0) is 30.8 Å². The normalized spacial score (nSPS) is 13.7. The molecule has 1 aromatic carbocycles. The van der Waals surface area contributed by atoms with Crippen molar-refractivity contribution in [3.8, 4) is 0 Å². The lowest BCUT2D eigenvalue weighted by atomic mass is 10.1. The second kappa shape index (κ2) is 10.3. The smallest absolute Gasteiger partial charge is 0.324 e. The lowest BCUT2D eigenvalue weighted by Gasteiger charge is -2.17. The fourth-order valence-corrected chi connectivity index (χ4v) is 3.53. The third kappa shape index (κ3) is 7.53. The standard InChI is InChI=1S/C18H28N2O5S/c1-5-7-12-26(23,24)20-13(3)18(22)25-14(4)17(21)19-16-10-8-15(6-2)9-11-16/h8-11,13-14,20H,5-7,12H2,1-4H3,(H,19,21)/t13-,14+/m0/s1. The van der Waals surface area contributed by atoms with Gasteiger partial charge in [-0.15, -0.1) is 0 Å². The van der Waals surface area contributed by atoms with E-state index in [-0.39, 0.29) is 5.75 Å². The second-order valence-corrected chi connectivity index (χ2v) is 8.00. The molecule has 0 saturated carbocycles. The van der Waals surface area contributed by atoms with Gasteiger partial charge in [-0.05, 0) is 44.4 Å². The highest BCUT2D eigenvalue weighted by molar-refractivity contribution is 7.89. The summed E-state index contributed by atoms with van der Waals surface area (Å²) in [6.45, 7) is 6.74. The zero-order valence-corrected chi connectivity index (χ0v) is 16.6. The molecule has 0 radical (unpaired) electrons. The number of anilines is 1. The summed E-state index contributed by atoms with van der Waals surface area (Å²) in [6, 6.07) is 6.29. The maximum absolute atomic E-state index is 12.1. The highest BCUT2D eigenvalue weighted by atomic mass is 32.2. The van der Waals surface area contributed by atoms with Crippen LogP contribution in [0.2, 0.25) is 0 Å². The van der Waals surface area contributed by atoms with Gasteiger partial charge in [-0.1, -0.05) is 32.4 Å². The summed E-state index contributed by atoms with van der Waals surface area (Å²) in [4.78, 5) is 24.1. The van der Waals surface area contributed by atoms with E-state index < -0.39 is 34.0 Å². The van der Waals surface area contributed by atoms with Gasteiger partial charge in [0.15, 0.2) is 6.10 Å². The van der Waals surface area contributed by atoms with E-state index in [4.69, 9.17) is 4.74 Å². The van der Waals surface area contributed by atoms with Gasteiger partial charge >= 0.3 is 5.97 Å². The Morgan fingerprint density at radius 1 is 1.12 bits per heavy atom. The number of hydrogen-bond donors (Lipinski definition) is 2. The Morgan fingerprint density at radius 2 is 1.73 bits per heavy atom. The van der Waals surface area contributed by atoms with Crippen molar-refractivity contribution < 1.29 is 22.7 Å². The minimum atomic E-state index is -3.55. The summed E-state index contributed by atoms with van der Waals surface area (Å²) in [5.74, 6) is -1.33. The molecule has 1 aromatic rings. The van der Waals surface area contributed by atoms with Gasteiger partial charge in [0.1, 0.15) is 6.04 Å². The van der Waals surface area contributed by atoms with Crippen LogP contribution in [0, 0.1) is 0 Å². The molecular formula is C18H28N2O5S. The minimum Gasteiger partial charge on any atom is -0.451 e. The van der Waals surface area contributed by atoms with Gasteiger partial charge in [0, 0.05) is 5.69 Å². The van der Waals surface area contributed by atoms with E-state index in [0.29, 0.717) is 12.1 Å². The third-order valence-corrected chi connectivity index (χ3v) is 5.31. The molecule has 2 atom stereocenters. The van der Waals surface area contributed by atoms with Crippen LogP contribution in [-0.4, -0.2) is 38.2 Å². The number of carbonyl (C=O) groups is 2. The van der Waals surface area contributed by atoms with Crippen LogP contribution >= 0.6 is 0 Å². The SMILES string of the molecule is CCCCS(=O)(=O)N[C@@H](C)C(=O)O[C@H](C)C(=O)Nc1ccc(CC)cc1. The summed E-state index contributed by atoms with van der Waals surface area (Å²) in [5, 5.41) is 2.66. The van der Waals surface area contributed by atoms with Gasteiger partial charge < -0.3 is 10.1 Å². The van der Waals surface area contributed by atoms with E-state index in [1.807, 2.05) is 26.0 Å². The summed E-state index contributed by atoms with van der Waals surface area (Å²) >= 11 is 0. The lowest BCUT2D eigenvalue weighted by molar-refractivity contribution is -0.154. The molecule has 0 unspecified atom stereocenters. The highest BCUT2D eigenvalue weighted by Gasteiger charge is 2.25. The maximum Gasteiger partial charge on any atom is 0.324 e. The number of benzene rings is 1. The highest BCUT2D eigenvalue weighted by Crippen LogP contribution is 2.11. The van der Waals surface area contributed by atoms with E-state index in [9.17, 15) is 18.0 Å². The predicted molar refractivity (Wildman–Crippen MR) is 101 cm³/mol. The third-order valence-electron chi connectivity index (χ3n) is 3.77. The first kappa shape index (κ1) is 22.1. The molecule has 0 spiro atoms. The summed E-state index contributed by atoms with van der Waals surface area (Å²) in [6.07, 6.45) is 1.09. The van der Waals surface area contributed by atoms with Crippen LogP contribution in [0.4, 0.5) is 5.69 Å². The van der Waals surface area contributed by atoms with Gasteiger partial charge in [-0.2, -0.15) is 0 Å². The van der Waals surface area contributed by atoms with Crippen LogP contribution in [0.5, 0.6) is 0 Å². The molecule has 1 rings (SSSR count). The summed E-state index contributed by atoms with van der Waals surface area (Å²) in [5.41, 5.74) is 1.75. The van der Waals surface area contributed by atoms with Gasteiger partial charge in [0.05, 0.1) is 5.75 Å². The fourth-order valence-electron chi connectivity index (χ4n) is 2.11. The Bertz CT molecular complexity index is 701. The average molecular weight is 384 g/mol. The van der Waals surface area contributed by atoms with Crippen molar-refractivity contribution >= 4 is 27.6 Å². The number of esters is 1. The first-order valence-corrected chi connectivity index (χ1v) is 10.4. The van der Waals surface area contributed by atoms with Crippen molar-refractivity contribution in [2.45, 2.75) is 59.1 Å². The van der Waals surface area contributed by atoms with Gasteiger partial charge in [0.2, 0.25) is 10.0 Å². The molecule has 8 heteroatoms. The van der Waals surface area contributed by atoms with Crippen molar-refractivity contribution in [3.63, 3.8) is 0 Å². The molecule has 7 nitrogen and oxygen atoms in total. The number of amides is 1. The van der Waals surface area contributed by atoms with Crippen molar-refractivity contribution in [2.24, 2.45) is 0 Å². The molecule has 0 aliphatic carbocycles. The van der Waals surface area contributed by atoms with Crippen molar-refractivity contribution in [1.82, 2.24) is 4.72 Å². The largest absolute Gasteiger partial charge is 0.451 e. The Kier molecular flexibility index (Phi) is 8.74.